The summed E-state index contributed by atoms with van der Waals surface area (Å²) in [5, 5.41) is 9.14. The third kappa shape index (κ3) is 2.00. The third-order valence-electron chi connectivity index (χ3n) is 1.96. The molecule has 0 amide bonds. The highest BCUT2D eigenvalue weighted by atomic mass is 35.5. The summed E-state index contributed by atoms with van der Waals surface area (Å²) < 4.78 is 13.1. The van der Waals surface area contributed by atoms with Gasteiger partial charge in [-0.25, -0.2) is 4.39 Å². The van der Waals surface area contributed by atoms with Crippen LogP contribution in [0.15, 0.2) is 12.1 Å². The van der Waals surface area contributed by atoms with E-state index in [1.54, 1.807) is 13.8 Å². The minimum absolute atomic E-state index is 0.0347. The molecule has 1 rings (SSSR count). The van der Waals surface area contributed by atoms with Crippen LogP contribution in [-0.2, 0) is 5.41 Å². The van der Waals surface area contributed by atoms with Crippen molar-refractivity contribution >= 4 is 23.2 Å². The summed E-state index contributed by atoms with van der Waals surface area (Å²) in [5.74, 6) is -0.561. The second-order valence-corrected chi connectivity index (χ2v) is 4.30. The highest BCUT2D eigenvalue weighted by Gasteiger charge is 2.24. The summed E-state index contributed by atoms with van der Waals surface area (Å²) in [6.07, 6.45) is 0. The van der Waals surface area contributed by atoms with E-state index in [4.69, 9.17) is 28.5 Å². The van der Waals surface area contributed by atoms with E-state index in [9.17, 15) is 4.39 Å². The Kier molecular flexibility index (Phi) is 3.04. The Bertz CT molecular complexity index is 407. The summed E-state index contributed by atoms with van der Waals surface area (Å²) in [6, 6.07) is 4.57. The van der Waals surface area contributed by atoms with Crippen molar-refractivity contribution < 1.29 is 4.39 Å². The Morgan fingerprint density at radius 1 is 1.29 bits per heavy atom. The van der Waals surface area contributed by atoms with E-state index in [0.29, 0.717) is 10.6 Å². The summed E-state index contributed by atoms with van der Waals surface area (Å²) in [6.45, 7) is 3.34. The van der Waals surface area contributed by atoms with Crippen LogP contribution in [-0.4, -0.2) is 0 Å². The van der Waals surface area contributed by atoms with E-state index in [1.807, 2.05) is 0 Å². The molecule has 0 unspecified atom stereocenters. The van der Waals surface area contributed by atoms with Crippen molar-refractivity contribution in [3.05, 3.63) is 33.6 Å². The summed E-state index contributed by atoms with van der Waals surface area (Å²) in [7, 11) is 0. The molecular formula is C10H8Cl2FN. The van der Waals surface area contributed by atoms with Crippen LogP contribution < -0.4 is 0 Å². The minimum atomic E-state index is -0.817. The van der Waals surface area contributed by atoms with Gasteiger partial charge < -0.3 is 0 Å². The highest BCUT2D eigenvalue weighted by Crippen LogP contribution is 2.32. The summed E-state index contributed by atoms with van der Waals surface area (Å²) >= 11 is 11.4. The molecule has 74 valence electrons. The first-order chi connectivity index (χ1) is 6.38. The SMILES string of the molecule is CC(C)(C#N)c1cc(F)c(Cl)cc1Cl. The molecule has 0 N–H and O–H groups in total. The lowest BCUT2D eigenvalue weighted by Crippen LogP contribution is -2.14. The molecule has 14 heavy (non-hydrogen) atoms. The van der Waals surface area contributed by atoms with Gasteiger partial charge in [0.25, 0.3) is 0 Å². The van der Waals surface area contributed by atoms with Crippen molar-refractivity contribution in [2.75, 3.05) is 0 Å². The van der Waals surface area contributed by atoms with Crippen molar-refractivity contribution in [3.8, 4) is 6.07 Å². The van der Waals surface area contributed by atoms with Crippen LogP contribution >= 0.6 is 23.2 Å². The van der Waals surface area contributed by atoms with Gasteiger partial charge in [0, 0.05) is 5.02 Å². The zero-order valence-corrected chi connectivity index (χ0v) is 9.25. The quantitative estimate of drug-likeness (QED) is 0.673. The van der Waals surface area contributed by atoms with E-state index >= 15 is 0 Å². The molecule has 0 spiro atoms. The predicted molar refractivity (Wildman–Crippen MR) is 55.1 cm³/mol. The van der Waals surface area contributed by atoms with Gasteiger partial charge >= 0.3 is 0 Å². The number of benzene rings is 1. The van der Waals surface area contributed by atoms with Gasteiger partial charge in [0.1, 0.15) is 5.82 Å². The van der Waals surface area contributed by atoms with E-state index in [0.717, 1.165) is 0 Å². The Balaban J connectivity index is 3.38. The standard InChI is InChI=1S/C10H8Cl2FN/c1-10(2,5-14)6-3-9(13)8(12)4-7(6)11/h3-4H,1-2H3. The van der Waals surface area contributed by atoms with E-state index < -0.39 is 11.2 Å². The van der Waals surface area contributed by atoms with Gasteiger partial charge in [-0.05, 0) is 31.5 Å². The van der Waals surface area contributed by atoms with E-state index in [1.165, 1.54) is 12.1 Å². The minimum Gasteiger partial charge on any atom is -0.205 e. The number of nitrogens with zero attached hydrogens (tertiary/aromatic N) is 1. The molecule has 0 saturated heterocycles. The number of halogens is 3. The molecule has 0 aliphatic rings. The number of hydrogen-bond acceptors (Lipinski definition) is 1. The van der Waals surface area contributed by atoms with Crippen LogP contribution in [0, 0.1) is 17.1 Å². The van der Waals surface area contributed by atoms with Crippen LogP contribution in [0.3, 0.4) is 0 Å². The largest absolute Gasteiger partial charge is 0.205 e. The van der Waals surface area contributed by atoms with Crippen molar-refractivity contribution in [3.63, 3.8) is 0 Å². The zero-order valence-electron chi connectivity index (χ0n) is 7.74. The zero-order chi connectivity index (χ0) is 10.9. The monoisotopic (exact) mass is 231 g/mol. The lowest BCUT2D eigenvalue weighted by atomic mass is 9.86. The average Bonchev–Trinajstić information content (AvgIpc) is 2.11. The van der Waals surface area contributed by atoms with Gasteiger partial charge in [-0.1, -0.05) is 23.2 Å². The third-order valence-corrected chi connectivity index (χ3v) is 2.57. The summed E-state index contributed by atoms with van der Waals surface area (Å²) in [4.78, 5) is 0. The van der Waals surface area contributed by atoms with Gasteiger partial charge in [0.05, 0.1) is 16.5 Å². The first kappa shape index (κ1) is 11.3. The molecule has 0 aliphatic heterocycles. The number of nitriles is 1. The maximum atomic E-state index is 13.1. The molecule has 1 aromatic carbocycles. The lowest BCUT2D eigenvalue weighted by molar-refractivity contribution is 0.613. The lowest BCUT2D eigenvalue weighted by Gasteiger charge is -2.17. The maximum absolute atomic E-state index is 13.1. The summed E-state index contributed by atoms with van der Waals surface area (Å²) in [5.41, 5.74) is -0.369. The van der Waals surface area contributed by atoms with Crippen LogP contribution in [0.1, 0.15) is 19.4 Å². The molecular weight excluding hydrogens is 224 g/mol. The molecule has 0 aromatic heterocycles. The van der Waals surface area contributed by atoms with Gasteiger partial charge in [0.15, 0.2) is 0 Å². The van der Waals surface area contributed by atoms with Crippen LogP contribution in [0.5, 0.6) is 0 Å². The van der Waals surface area contributed by atoms with Gasteiger partial charge in [-0.15, -0.1) is 0 Å². The molecule has 1 nitrogen and oxygen atoms in total. The topological polar surface area (TPSA) is 23.8 Å². The molecule has 4 heteroatoms. The van der Waals surface area contributed by atoms with Crippen LogP contribution in [0.2, 0.25) is 10.0 Å². The second kappa shape index (κ2) is 3.76. The average molecular weight is 232 g/mol. The molecule has 0 heterocycles. The van der Waals surface area contributed by atoms with Gasteiger partial charge in [-0.3, -0.25) is 0 Å². The van der Waals surface area contributed by atoms with Crippen LogP contribution in [0.4, 0.5) is 4.39 Å². The van der Waals surface area contributed by atoms with E-state index in [-0.39, 0.29) is 5.02 Å². The van der Waals surface area contributed by atoms with Crippen LogP contribution in [0.25, 0.3) is 0 Å². The fraction of sp³-hybridized carbons (Fsp3) is 0.300. The maximum Gasteiger partial charge on any atom is 0.142 e. The fourth-order valence-electron chi connectivity index (χ4n) is 1.06. The number of hydrogen-bond donors (Lipinski definition) is 0. The smallest absolute Gasteiger partial charge is 0.142 e. The molecule has 0 radical (unpaired) electrons. The highest BCUT2D eigenvalue weighted by molar-refractivity contribution is 6.35. The van der Waals surface area contributed by atoms with E-state index in [2.05, 4.69) is 6.07 Å². The first-order valence-corrected chi connectivity index (χ1v) is 4.70. The van der Waals surface area contributed by atoms with Gasteiger partial charge in [0.2, 0.25) is 0 Å². The fourth-order valence-corrected chi connectivity index (χ4v) is 1.68. The Labute approximate surface area is 92.1 Å². The molecule has 0 aliphatic carbocycles. The Hall–Kier alpha value is -0.780. The van der Waals surface area contributed by atoms with Crippen molar-refractivity contribution in [1.29, 1.82) is 5.26 Å². The molecule has 0 bridgehead atoms. The second-order valence-electron chi connectivity index (χ2n) is 3.48. The Morgan fingerprint density at radius 2 is 1.86 bits per heavy atom. The van der Waals surface area contributed by atoms with Crippen molar-refractivity contribution in [2.45, 2.75) is 19.3 Å². The first-order valence-electron chi connectivity index (χ1n) is 3.95. The van der Waals surface area contributed by atoms with Crippen molar-refractivity contribution in [1.82, 2.24) is 0 Å². The Morgan fingerprint density at radius 3 is 2.36 bits per heavy atom. The molecule has 0 fully saturated rings. The van der Waals surface area contributed by atoms with Gasteiger partial charge in [-0.2, -0.15) is 5.26 Å². The molecule has 1 aromatic rings. The molecule has 0 atom stereocenters. The van der Waals surface area contributed by atoms with Crippen molar-refractivity contribution in [2.24, 2.45) is 0 Å². The molecule has 0 saturated carbocycles. The number of rotatable bonds is 1. The normalized spacial score (nSPS) is 11.1. The predicted octanol–water partition coefficient (Wildman–Crippen LogP) is 3.93.